The number of dihydropyridines is 1. The van der Waals surface area contributed by atoms with Crippen LogP contribution < -0.4 is 10.6 Å². The van der Waals surface area contributed by atoms with Crippen molar-refractivity contribution in [3.63, 3.8) is 0 Å². The van der Waals surface area contributed by atoms with Crippen LogP contribution in [-0.4, -0.2) is 43.0 Å². The molecule has 1 atom stereocenters. The highest BCUT2D eigenvalue weighted by Gasteiger charge is 2.38. The molecule has 0 spiro atoms. The van der Waals surface area contributed by atoms with Crippen LogP contribution in [0.25, 0.3) is 0 Å². The van der Waals surface area contributed by atoms with Crippen LogP contribution in [0.15, 0.2) is 46.8 Å². The Hall–Kier alpha value is -3.69. The molecule has 1 heterocycles. The third-order valence-electron chi connectivity index (χ3n) is 4.67. The van der Waals surface area contributed by atoms with Gasteiger partial charge in [-0.2, -0.15) is 0 Å². The molecule has 1 amide bonds. The number of nitrogens with one attached hydrogen (secondary N) is 2. The van der Waals surface area contributed by atoms with E-state index in [1.165, 1.54) is 18.2 Å². The van der Waals surface area contributed by atoms with E-state index in [1.807, 2.05) is 0 Å². The first-order valence-corrected chi connectivity index (χ1v) is 9.76. The zero-order chi connectivity index (χ0) is 23.0. The van der Waals surface area contributed by atoms with E-state index in [2.05, 4.69) is 10.6 Å². The predicted octanol–water partition coefficient (Wildman–Crippen LogP) is 2.07. The SMILES string of the molecule is CCOC(=O)C1=C(C)NC(C)=C(C(=O)OCCCNC=O)C1c1cccc([N+](=O)[O-])c1. The quantitative estimate of drug-likeness (QED) is 0.189. The fourth-order valence-electron chi connectivity index (χ4n) is 3.37. The number of hydrogen-bond acceptors (Lipinski definition) is 8. The van der Waals surface area contributed by atoms with E-state index in [-0.39, 0.29) is 30.0 Å². The average Bonchev–Trinajstić information content (AvgIpc) is 2.73. The topological polar surface area (TPSA) is 137 Å². The van der Waals surface area contributed by atoms with E-state index in [1.54, 1.807) is 26.8 Å². The van der Waals surface area contributed by atoms with E-state index in [0.29, 0.717) is 36.3 Å². The molecule has 166 valence electrons. The van der Waals surface area contributed by atoms with Crippen molar-refractivity contribution in [3.05, 3.63) is 62.5 Å². The lowest BCUT2D eigenvalue weighted by atomic mass is 9.80. The fourth-order valence-corrected chi connectivity index (χ4v) is 3.37. The number of amides is 1. The van der Waals surface area contributed by atoms with Crippen LogP contribution in [0.4, 0.5) is 5.69 Å². The second kappa shape index (κ2) is 10.9. The zero-order valence-corrected chi connectivity index (χ0v) is 17.6. The van der Waals surface area contributed by atoms with Gasteiger partial charge >= 0.3 is 11.9 Å². The first-order chi connectivity index (χ1) is 14.8. The van der Waals surface area contributed by atoms with Gasteiger partial charge in [0.1, 0.15) is 0 Å². The molecule has 10 heteroatoms. The normalized spacial score (nSPS) is 15.8. The van der Waals surface area contributed by atoms with Gasteiger partial charge in [-0.05, 0) is 32.8 Å². The number of non-ortho nitro benzene ring substituents is 1. The monoisotopic (exact) mass is 431 g/mol. The summed E-state index contributed by atoms with van der Waals surface area (Å²) in [5, 5.41) is 16.8. The summed E-state index contributed by atoms with van der Waals surface area (Å²) >= 11 is 0. The van der Waals surface area contributed by atoms with Crippen molar-refractivity contribution < 1.29 is 28.8 Å². The minimum Gasteiger partial charge on any atom is -0.463 e. The number of carbonyl (C=O) groups is 3. The number of carbonyl (C=O) groups excluding carboxylic acids is 3. The van der Waals surface area contributed by atoms with Gasteiger partial charge in [-0.3, -0.25) is 14.9 Å². The minimum atomic E-state index is -0.902. The third kappa shape index (κ3) is 5.68. The predicted molar refractivity (Wildman–Crippen MR) is 111 cm³/mol. The summed E-state index contributed by atoms with van der Waals surface area (Å²) in [6.45, 7) is 5.52. The van der Waals surface area contributed by atoms with E-state index in [0.717, 1.165) is 0 Å². The Balaban J connectivity index is 2.48. The van der Waals surface area contributed by atoms with Crippen LogP contribution in [-0.2, 0) is 23.9 Å². The van der Waals surface area contributed by atoms with Crippen LogP contribution in [0.1, 0.15) is 38.7 Å². The van der Waals surface area contributed by atoms with Crippen molar-refractivity contribution in [2.24, 2.45) is 0 Å². The van der Waals surface area contributed by atoms with Crippen molar-refractivity contribution in [2.75, 3.05) is 19.8 Å². The largest absolute Gasteiger partial charge is 0.463 e. The van der Waals surface area contributed by atoms with Gasteiger partial charge < -0.3 is 20.1 Å². The number of rotatable bonds is 10. The molecule has 0 radical (unpaired) electrons. The van der Waals surface area contributed by atoms with Crippen molar-refractivity contribution in [2.45, 2.75) is 33.1 Å². The van der Waals surface area contributed by atoms with Gasteiger partial charge in [0.2, 0.25) is 6.41 Å². The molecular weight excluding hydrogens is 406 g/mol. The zero-order valence-electron chi connectivity index (χ0n) is 17.6. The molecule has 10 nitrogen and oxygen atoms in total. The maximum Gasteiger partial charge on any atom is 0.336 e. The van der Waals surface area contributed by atoms with E-state index in [4.69, 9.17) is 9.47 Å². The summed E-state index contributed by atoms with van der Waals surface area (Å²) in [5.41, 5.74) is 1.53. The Labute approximate surface area is 179 Å². The summed E-state index contributed by atoms with van der Waals surface area (Å²) < 4.78 is 10.5. The summed E-state index contributed by atoms with van der Waals surface area (Å²) in [7, 11) is 0. The number of allylic oxidation sites excluding steroid dienone is 2. The Morgan fingerprint density at radius 2 is 1.84 bits per heavy atom. The van der Waals surface area contributed by atoms with Gasteiger partial charge in [0, 0.05) is 30.1 Å². The standard InChI is InChI=1S/C21H25N3O7/c1-4-30-20(26)17-13(2)23-14(3)18(21(27)31-10-6-9-22-12-25)19(17)15-7-5-8-16(11-15)24(28)29/h5,7-8,11-12,19,23H,4,6,9-10H2,1-3H3,(H,22,25). The molecule has 1 unspecified atom stereocenters. The second-order valence-corrected chi connectivity index (χ2v) is 6.77. The molecule has 1 aliphatic heterocycles. The highest BCUT2D eigenvalue weighted by atomic mass is 16.6. The number of benzene rings is 1. The van der Waals surface area contributed by atoms with E-state index in [9.17, 15) is 24.5 Å². The Morgan fingerprint density at radius 3 is 2.42 bits per heavy atom. The first-order valence-electron chi connectivity index (χ1n) is 9.76. The van der Waals surface area contributed by atoms with Crippen LogP contribution >= 0.6 is 0 Å². The molecule has 0 fully saturated rings. The van der Waals surface area contributed by atoms with Gasteiger partial charge in [-0.1, -0.05) is 12.1 Å². The van der Waals surface area contributed by atoms with Crippen LogP contribution in [0.3, 0.4) is 0 Å². The molecule has 1 aliphatic rings. The van der Waals surface area contributed by atoms with Crippen LogP contribution in [0.5, 0.6) is 0 Å². The molecule has 0 saturated heterocycles. The van der Waals surface area contributed by atoms with E-state index >= 15 is 0 Å². The second-order valence-electron chi connectivity index (χ2n) is 6.77. The first kappa shape index (κ1) is 23.6. The van der Waals surface area contributed by atoms with E-state index < -0.39 is 22.8 Å². The van der Waals surface area contributed by atoms with Gasteiger partial charge in [0.15, 0.2) is 0 Å². The van der Waals surface area contributed by atoms with Gasteiger partial charge in [0.05, 0.1) is 35.2 Å². The maximum absolute atomic E-state index is 13.0. The lowest BCUT2D eigenvalue weighted by Gasteiger charge is -2.30. The molecule has 0 aliphatic carbocycles. The number of nitro groups is 1. The number of hydrogen-bond donors (Lipinski definition) is 2. The molecule has 0 aromatic heterocycles. The molecule has 2 N–H and O–H groups in total. The maximum atomic E-state index is 13.0. The Morgan fingerprint density at radius 1 is 1.19 bits per heavy atom. The third-order valence-corrected chi connectivity index (χ3v) is 4.67. The van der Waals surface area contributed by atoms with Crippen molar-refractivity contribution in [1.29, 1.82) is 0 Å². The Bertz CT molecular complexity index is 937. The van der Waals surface area contributed by atoms with Crippen LogP contribution in [0.2, 0.25) is 0 Å². The smallest absolute Gasteiger partial charge is 0.336 e. The lowest BCUT2D eigenvalue weighted by Crippen LogP contribution is -2.32. The van der Waals surface area contributed by atoms with Crippen molar-refractivity contribution in [1.82, 2.24) is 10.6 Å². The summed E-state index contributed by atoms with van der Waals surface area (Å²) in [5.74, 6) is -2.19. The molecular formula is C21H25N3O7. The fraction of sp³-hybridized carbons (Fsp3) is 0.381. The van der Waals surface area contributed by atoms with Crippen LogP contribution in [0, 0.1) is 10.1 Å². The molecule has 2 rings (SSSR count). The van der Waals surface area contributed by atoms with Crippen molar-refractivity contribution >= 4 is 24.0 Å². The van der Waals surface area contributed by atoms with Gasteiger partial charge in [-0.25, -0.2) is 9.59 Å². The number of esters is 2. The molecule has 1 aromatic rings. The number of nitro benzene ring substituents is 1. The minimum absolute atomic E-state index is 0.0511. The summed E-state index contributed by atoms with van der Waals surface area (Å²) in [6.07, 6.45) is 0.961. The van der Waals surface area contributed by atoms with Gasteiger partial charge in [-0.15, -0.1) is 0 Å². The number of nitrogens with zero attached hydrogens (tertiary/aromatic N) is 1. The summed E-state index contributed by atoms with van der Waals surface area (Å²) in [6, 6.07) is 5.78. The highest BCUT2D eigenvalue weighted by molar-refractivity contribution is 5.99. The van der Waals surface area contributed by atoms with Crippen molar-refractivity contribution in [3.8, 4) is 0 Å². The molecule has 31 heavy (non-hydrogen) atoms. The number of ether oxygens (including phenoxy) is 2. The Kier molecular flexibility index (Phi) is 8.30. The molecule has 0 bridgehead atoms. The lowest BCUT2D eigenvalue weighted by molar-refractivity contribution is -0.384. The highest BCUT2D eigenvalue weighted by Crippen LogP contribution is 2.40. The van der Waals surface area contributed by atoms with Gasteiger partial charge in [0.25, 0.3) is 5.69 Å². The summed E-state index contributed by atoms with van der Waals surface area (Å²) in [4.78, 5) is 46.8. The average molecular weight is 431 g/mol. The molecule has 1 aromatic carbocycles. The molecule has 0 saturated carbocycles.